The molecule has 3 aromatic rings. The molecule has 1 saturated heterocycles. The van der Waals surface area contributed by atoms with Crippen LogP contribution in [0, 0.1) is 0 Å². The van der Waals surface area contributed by atoms with E-state index in [0.717, 1.165) is 23.4 Å². The van der Waals surface area contributed by atoms with Gasteiger partial charge >= 0.3 is 0 Å². The quantitative estimate of drug-likeness (QED) is 0.720. The van der Waals surface area contributed by atoms with Gasteiger partial charge in [-0.2, -0.15) is 0 Å². The van der Waals surface area contributed by atoms with E-state index in [0.29, 0.717) is 12.1 Å². The van der Waals surface area contributed by atoms with Gasteiger partial charge in [-0.15, -0.1) is 5.10 Å². The molecule has 1 aromatic heterocycles. The number of hydrogen-bond donors (Lipinski definition) is 1. The van der Waals surface area contributed by atoms with Crippen molar-refractivity contribution in [3.05, 3.63) is 71.4 Å². The molecule has 144 valence electrons. The number of nitrogens with one attached hydrogen (secondary N) is 1. The van der Waals surface area contributed by atoms with Gasteiger partial charge in [0.15, 0.2) is 0 Å². The molecule has 28 heavy (non-hydrogen) atoms. The number of rotatable bonds is 6. The van der Waals surface area contributed by atoms with E-state index in [4.69, 9.17) is 0 Å². The van der Waals surface area contributed by atoms with Crippen molar-refractivity contribution in [2.24, 2.45) is 0 Å². The average Bonchev–Trinajstić information content (AvgIpc) is 3.41. The second kappa shape index (κ2) is 8.35. The van der Waals surface area contributed by atoms with E-state index in [-0.39, 0.29) is 5.91 Å². The Morgan fingerprint density at radius 3 is 2.29 bits per heavy atom. The maximum atomic E-state index is 11.6. The number of aromatic nitrogens is 3. The molecule has 1 aliphatic rings. The summed E-state index contributed by atoms with van der Waals surface area (Å²) in [5.74, 6) is -0.0808. The van der Waals surface area contributed by atoms with Crippen LogP contribution in [-0.2, 0) is 13.1 Å². The van der Waals surface area contributed by atoms with Crippen LogP contribution in [0.5, 0.6) is 0 Å². The third kappa shape index (κ3) is 4.28. The van der Waals surface area contributed by atoms with Crippen molar-refractivity contribution >= 4 is 5.91 Å². The minimum absolute atomic E-state index is 0.0808. The van der Waals surface area contributed by atoms with E-state index in [1.54, 1.807) is 7.05 Å². The fraction of sp³-hybridized carbons (Fsp3) is 0.318. The van der Waals surface area contributed by atoms with Gasteiger partial charge < -0.3 is 5.32 Å². The number of benzene rings is 2. The number of carbonyl (C=O) groups excluding carboxylic acids is 1. The Balaban J connectivity index is 1.40. The standard InChI is InChI=1S/C22H25N5O/c1-23-22(28)20-10-6-18(7-11-20)15-27-16-21(24-25-27)19-8-4-17(5-9-19)14-26-12-2-3-13-26/h4-11,16H,2-3,12-15H2,1H3,(H,23,28). The van der Waals surface area contributed by atoms with E-state index in [2.05, 4.69) is 44.8 Å². The molecule has 0 saturated carbocycles. The highest BCUT2D eigenvalue weighted by Crippen LogP contribution is 2.19. The highest BCUT2D eigenvalue weighted by atomic mass is 16.1. The summed E-state index contributed by atoms with van der Waals surface area (Å²) in [6.45, 7) is 4.06. The summed E-state index contributed by atoms with van der Waals surface area (Å²) in [4.78, 5) is 14.1. The first-order valence-electron chi connectivity index (χ1n) is 9.74. The summed E-state index contributed by atoms with van der Waals surface area (Å²) < 4.78 is 1.82. The first-order chi connectivity index (χ1) is 13.7. The number of carbonyl (C=O) groups is 1. The molecule has 0 spiro atoms. The van der Waals surface area contributed by atoms with Crippen molar-refractivity contribution in [3.8, 4) is 11.3 Å². The van der Waals surface area contributed by atoms with Crippen molar-refractivity contribution in [1.82, 2.24) is 25.2 Å². The summed E-state index contributed by atoms with van der Waals surface area (Å²) in [5, 5.41) is 11.2. The van der Waals surface area contributed by atoms with Gasteiger partial charge in [-0.3, -0.25) is 9.69 Å². The Kier molecular flexibility index (Phi) is 5.48. The molecule has 0 atom stereocenters. The Hall–Kier alpha value is -2.99. The maximum Gasteiger partial charge on any atom is 0.251 e. The summed E-state index contributed by atoms with van der Waals surface area (Å²) in [6.07, 6.45) is 4.59. The normalized spacial score (nSPS) is 14.3. The minimum Gasteiger partial charge on any atom is -0.355 e. The van der Waals surface area contributed by atoms with Crippen molar-refractivity contribution in [3.63, 3.8) is 0 Å². The third-order valence-electron chi connectivity index (χ3n) is 5.18. The molecule has 6 heteroatoms. The predicted octanol–water partition coefficient (Wildman–Crippen LogP) is 2.95. The monoisotopic (exact) mass is 375 g/mol. The van der Waals surface area contributed by atoms with Gasteiger partial charge in [-0.1, -0.05) is 41.6 Å². The van der Waals surface area contributed by atoms with Crippen molar-refractivity contribution in [2.45, 2.75) is 25.9 Å². The van der Waals surface area contributed by atoms with Crippen LogP contribution in [0.1, 0.15) is 34.3 Å². The number of hydrogen-bond acceptors (Lipinski definition) is 4. The molecule has 0 aliphatic carbocycles. The summed E-state index contributed by atoms with van der Waals surface area (Å²) >= 11 is 0. The fourth-order valence-electron chi connectivity index (χ4n) is 3.58. The van der Waals surface area contributed by atoms with Gasteiger partial charge in [0.2, 0.25) is 0 Å². The van der Waals surface area contributed by atoms with Crippen LogP contribution in [0.15, 0.2) is 54.7 Å². The van der Waals surface area contributed by atoms with Crippen LogP contribution in [0.4, 0.5) is 0 Å². The third-order valence-corrected chi connectivity index (χ3v) is 5.18. The van der Waals surface area contributed by atoms with E-state index < -0.39 is 0 Å². The molecule has 4 rings (SSSR count). The van der Waals surface area contributed by atoms with Crippen LogP contribution in [-0.4, -0.2) is 45.9 Å². The van der Waals surface area contributed by atoms with Gasteiger partial charge in [0.1, 0.15) is 5.69 Å². The number of amides is 1. The highest BCUT2D eigenvalue weighted by Gasteiger charge is 2.12. The molecule has 6 nitrogen and oxygen atoms in total. The van der Waals surface area contributed by atoms with Crippen molar-refractivity contribution in [2.75, 3.05) is 20.1 Å². The van der Waals surface area contributed by atoms with Gasteiger partial charge in [0, 0.05) is 24.7 Å². The molecule has 1 fully saturated rings. The average molecular weight is 375 g/mol. The Morgan fingerprint density at radius 2 is 1.61 bits per heavy atom. The SMILES string of the molecule is CNC(=O)c1ccc(Cn2cc(-c3ccc(CN4CCCC4)cc3)nn2)cc1. The molecular formula is C22H25N5O. The molecule has 2 aromatic carbocycles. The molecule has 2 heterocycles. The smallest absolute Gasteiger partial charge is 0.251 e. The second-order valence-electron chi connectivity index (χ2n) is 7.26. The lowest BCUT2D eigenvalue weighted by Gasteiger charge is -2.14. The Bertz CT molecular complexity index is 924. The van der Waals surface area contributed by atoms with Gasteiger partial charge in [0.25, 0.3) is 5.91 Å². The molecular weight excluding hydrogens is 350 g/mol. The van der Waals surface area contributed by atoms with Crippen LogP contribution in [0.3, 0.4) is 0 Å². The van der Waals surface area contributed by atoms with Crippen molar-refractivity contribution in [1.29, 1.82) is 0 Å². The minimum atomic E-state index is -0.0808. The molecule has 1 aliphatic heterocycles. The zero-order valence-corrected chi connectivity index (χ0v) is 16.1. The predicted molar refractivity (Wildman–Crippen MR) is 109 cm³/mol. The molecule has 1 N–H and O–H groups in total. The fourth-order valence-corrected chi connectivity index (χ4v) is 3.58. The first-order valence-corrected chi connectivity index (χ1v) is 9.74. The summed E-state index contributed by atoms with van der Waals surface area (Å²) in [5.41, 5.74) is 5.01. The van der Waals surface area contributed by atoms with Gasteiger partial charge in [-0.05, 0) is 49.2 Å². The zero-order chi connectivity index (χ0) is 19.3. The van der Waals surface area contributed by atoms with Crippen LogP contribution < -0.4 is 5.32 Å². The topological polar surface area (TPSA) is 63.1 Å². The van der Waals surface area contributed by atoms with Gasteiger partial charge in [-0.25, -0.2) is 4.68 Å². The maximum absolute atomic E-state index is 11.6. The highest BCUT2D eigenvalue weighted by molar-refractivity contribution is 5.93. The molecule has 1 amide bonds. The van der Waals surface area contributed by atoms with Crippen LogP contribution in [0.2, 0.25) is 0 Å². The van der Waals surface area contributed by atoms with Crippen LogP contribution in [0.25, 0.3) is 11.3 Å². The van der Waals surface area contributed by atoms with E-state index >= 15 is 0 Å². The molecule has 0 bridgehead atoms. The summed E-state index contributed by atoms with van der Waals surface area (Å²) in [7, 11) is 1.63. The van der Waals surface area contributed by atoms with E-state index in [9.17, 15) is 4.79 Å². The second-order valence-corrected chi connectivity index (χ2v) is 7.26. The van der Waals surface area contributed by atoms with E-state index in [1.807, 2.05) is 35.1 Å². The largest absolute Gasteiger partial charge is 0.355 e. The van der Waals surface area contributed by atoms with E-state index in [1.165, 1.54) is 31.5 Å². The Labute approximate surface area is 165 Å². The van der Waals surface area contributed by atoms with Crippen LogP contribution >= 0.6 is 0 Å². The summed E-state index contributed by atoms with van der Waals surface area (Å²) in [6, 6.07) is 16.2. The first kappa shape index (κ1) is 18.4. The lowest BCUT2D eigenvalue weighted by Crippen LogP contribution is -2.18. The lowest BCUT2D eigenvalue weighted by molar-refractivity contribution is 0.0963. The number of nitrogens with zero attached hydrogens (tertiary/aromatic N) is 4. The molecule has 0 radical (unpaired) electrons. The lowest BCUT2D eigenvalue weighted by atomic mass is 10.1. The zero-order valence-electron chi connectivity index (χ0n) is 16.1. The number of likely N-dealkylation sites (tertiary alicyclic amines) is 1. The van der Waals surface area contributed by atoms with Crippen molar-refractivity contribution < 1.29 is 4.79 Å². The van der Waals surface area contributed by atoms with Gasteiger partial charge in [0.05, 0.1) is 12.7 Å². The molecule has 0 unspecified atom stereocenters. The Morgan fingerprint density at radius 1 is 0.964 bits per heavy atom.